The molecule has 2 aromatic rings. The van der Waals surface area contributed by atoms with E-state index in [1.54, 1.807) is 6.33 Å². The Morgan fingerprint density at radius 2 is 2.39 bits per heavy atom. The number of aromatic amines is 1. The lowest BCUT2D eigenvalue weighted by molar-refractivity contribution is -0.165. The quantitative estimate of drug-likeness (QED) is 0.865. The average molecular weight is 246 g/mol. The molecule has 18 heavy (non-hydrogen) atoms. The summed E-state index contributed by atoms with van der Waals surface area (Å²) in [5, 5.41) is 8.81. The predicted octanol–water partition coefficient (Wildman–Crippen LogP) is 2.04. The molecule has 2 heterocycles. The van der Waals surface area contributed by atoms with Gasteiger partial charge in [0.1, 0.15) is 0 Å². The number of H-pyrrole nitrogens is 1. The van der Waals surface area contributed by atoms with Gasteiger partial charge in [0.25, 0.3) is 0 Å². The van der Waals surface area contributed by atoms with Crippen LogP contribution in [0.4, 0.5) is 0 Å². The Morgan fingerprint density at radius 3 is 3.06 bits per heavy atom. The van der Waals surface area contributed by atoms with Gasteiger partial charge in [0.05, 0.1) is 29.6 Å². The number of carboxylic acid groups (broad SMARTS) is 1. The van der Waals surface area contributed by atoms with Crippen LogP contribution in [0.2, 0.25) is 0 Å². The van der Waals surface area contributed by atoms with E-state index in [4.69, 9.17) is 9.84 Å². The molecule has 0 spiro atoms. The molecule has 0 radical (unpaired) electrons. The number of rotatable bonds is 4. The van der Waals surface area contributed by atoms with Gasteiger partial charge in [-0.15, -0.1) is 0 Å². The van der Waals surface area contributed by atoms with Crippen LogP contribution in [-0.4, -0.2) is 27.7 Å². The molecule has 2 N–H and O–H groups in total. The molecule has 0 amide bonds. The van der Waals surface area contributed by atoms with Crippen molar-refractivity contribution in [2.45, 2.75) is 24.9 Å². The van der Waals surface area contributed by atoms with Crippen LogP contribution in [0.3, 0.4) is 0 Å². The zero-order chi connectivity index (χ0) is 12.6. The van der Waals surface area contributed by atoms with Gasteiger partial charge in [0.15, 0.2) is 0 Å². The van der Waals surface area contributed by atoms with Crippen LogP contribution in [0.15, 0.2) is 24.5 Å². The van der Waals surface area contributed by atoms with Crippen LogP contribution in [-0.2, 0) is 15.1 Å². The van der Waals surface area contributed by atoms with Crippen molar-refractivity contribution in [1.82, 2.24) is 9.97 Å². The Labute approximate surface area is 104 Å². The molecule has 1 aliphatic heterocycles. The van der Waals surface area contributed by atoms with E-state index in [9.17, 15) is 4.79 Å². The average Bonchev–Trinajstić information content (AvgIpc) is 2.74. The highest BCUT2D eigenvalue weighted by Crippen LogP contribution is 2.42. The normalized spacial score (nSPS) is 22.9. The minimum Gasteiger partial charge on any atom is -0.481 e. The molecule has 5 nitrogen and oxygen atoms in total. The number of carbonyl (C=O) groups is 1. The Morgan fingerprint density at radius 1 is 1.56 bits per heavy atom. The van der Waals surface area contributed by atoms with Crippen molar-refractivity contribution < 1.29 is 14.6 Å². The summed E-state index contributed by atoms with van der Waals surface area (Å²) >= 11 is 0. The van der Waals surface area contributed by atoms with E-state index in [1.165, 1.54) is 0 Å². The molecule has 1 atom stereocenters. The van der Waals surface area contributed by atoms with Crippen molar-refractivity contribution in [1.29, 1.82) is 0 Å². The predicted molar refractivity (Wildman–Crippen MR) is 65.2 cm³/mol. The number of aromatic nitrogens is 2. The molecular weight excluding hydrogens is 232 g/mol. The van der Waals surface area contributed by atoms with Crippen molar-refractivity contribution in [3.05, 3.63) is 30.1 Å². The third-order valence-corrected chi connectivity index (χ3v) is 3.57. The fraction of sp³-hybridized carbons (Fsp3) is 0.385. The first kappa shape index (κ1) is 11.2. The molecule has 1 aliphatic rings. The summed E-state index contributed by atoms with van der Waals surface area (Å²) in [6.07, 6.45) is 3.17. The van der Waals surface area contributed by atoms with Crippen molar-refractivity contribution >= 4 is 17.0 Å². The van der Waals surface area contributed by atoms with Crippen LogP contribution in [0, 0.1) is 0 Å². The van der Waals surface area contributed by atoms with Gasteiger partial charge in [0, 0.05) is 12.8 Å². The summed E-state index contributed by atoms with van der Waals surface area (Å²) in [6.45, 7) is 0.695. The molecule has 1 aromatic heterocycles. The van der Waals surface area contributed by atoms with Gasteiger partial charge in [-0.3, -0.25) is 4.79 Å². The van der Waals surface area contributed by atoms with Crippen molar-refractivity contribution in [3.8, 4) is 0 Å². The Hall–Kier alpha value is -1.88. The molecular formula is C13H14N2O3. The minimum absolute atomic E-state index is 0.126. The molecule has 3 rings (SSSR count). The fourth-order valence-electron chi connectivity index (χ4n) is 2.45. The first-order valence-electron chi connectivity index (χ1n) is 5.99. The van der Waals surface area contributed by atoms with Gasteiger partial charge < -0.3 is 14.8 Å². The van der Waals surface area contributed by atoms with Gasteiger partial charge in [-0.1, -0.05) is 6.07 Å². The number of imidazole rings is 1. The number of carboxylic acids is 1. The fourth-order valence-corrected chi connectivity index (χ4v) is 2.45. The topological polar surface area (TPSA) is 75.2 Å². The molecule has 1 unspecified atom stereocenters. The van der Waals surface area contributed by atoms with Gasteiger partial charge in [-0.05, 0) is 24.1 Å². The summed E-state index contributed by atoms with van der Waals surface area (Å²) in [7, 11) is 0. The zero-order valence-electron chi connectivity index (χ0n) is 9.85. The third kappa shape index (κ3) is 1.76. The highest BCUT2D eigenvalue weighted by atomic mass is 16.5. The second kappa shape index (κ2) is 4.10. The number of nitrogens with zero attached hydrogens (tertiary/aromatic N) is 1. The molecule has 94 valence electrons. The molecule has 0 aliphatic carbocycles. The van der Waals surface area contributed by atoms with Crippen LogP contribution in [0.1, 0.15) is 24.8 Å². The van der Waals surface area contributed by atoms with Crippen molar-refractivity contribution in [2.24, 2.45) is 0 Å². The first-order valence-corrected chi connectivity index (χ1v) is 5.99. The van der Waals surface area contributed by atoms with E-state index in [0.29, 0.717) is 13.0 Å². The van der Waals surface area contributed by atoms with Gasteiger partial charge in [-0.2, -0.15) is 0 Å². The van der Waals surface area contributed by atoms with Crippen LogP contribution in [0.5, 0.6) is 0 Å². The van der Waals surface area contributed by atoms with Crippen LogP contribution in [0.25, 0.3) is 11.0 Å². The summed E-state index contributed by atoms with van der Waals surface area (Å²) in [5.74, 6) is -0.785. The van der Waals surface area contributed by atoms with Crippen LogP contribution >= 0.6 is 0 Å². The smallest absolute Gasteiger partial charge is 0.303 e. The largest absolute Gasteiger partial charge is 0.481 e. The highest BCUT2D eigenvalue weighted by Gasteiger charge is 2.40. The van der Waals surface area contributed by atoms with Gasteiger partial charge in [-0.25, -0.2) is 4.98 Å². The lowest BCUT2D eigenvalue weighted by Crippen LogP contribution is -2.41. The number of hydrogen-bond acceptors (Lipinski definition) is 3. The third-order valence-electron chi connectivity index (χ3n) is 3.57. The van der Waals surface area contributed by atoms with E-state index in [1.807, 2.05) is 18.2 Å². The van der Waals surface area contributed by atoms with Crippen LogP contribution < -0.4 is 0 Å². The number of ether oxygens (including phenoxy) is 1. The standard InChI is InChI=1S/C13H14N2O3/c16-12(17)3-4-13(5-6-18-13)9-1-2-10-11(7-9)15-8-14-10/h1-2,7-8H,3-6H2,(H,14,15)(H,16,17). The van der Waals surface area contributed by atoms with Crippen molar-refractivity contribution in [3.63, 3.8) is 0 Å². The molecule has 1 aromatic carbocycles. The minimum atomic E-state index is -0.785. The molecule has 1 fully saturated rings. The number of nitrogens with one attached hydrogen (secondary N) is 1. The Kier molecular flexibility index (Phi) is 2.56. The summed E-state index contributed by atoms with van der Waals surface area (Å²) in [4.78, 5) is 17.9. The number of hydrogen-bond donors (Lipinski definition) is 2. The van der Waals surface area contributed by atoms with E-state index in [2.05, 4.69) is 9.97 Å². The molecule has 0 saturated carbocycles. The number of fused-ring (bicyclic) bond motifs is 1. The maximum Gasteiger partial charge on any atom is 0.303 e. The maximum atomic E-state index is 10.7. The maximum absolute atomic E-state index is 10.7. The molecule has 1 saturated heterocycles. The van der Waals surface area contributed by atoms with E-state index in [-0.39, 0.29) is 6.42 Å². The molecule has 0 bridgehead atoms. The highest BCUT2D eigenvalue weighted by molar-refractivity contribution is 5.75. The Balaban J connectivity index is 1.92. The lowest BCUT2D eigenvalue weighted by Gasteiger charge is -2.42. The summed E-state index contributed by atoms with van der Waals surface area (Å²) in [6, 6.07) is 5.92. The second-order valence-electron chi connectivity index (χ2n) is 4.62. The lowest BCUT2D eigenvalue weighted by atomic mass is 9.82. The van der Waals surface area contributed by atoms with E-state index < -0.39 is 11.6 Å². The zero-order valence-corrected chi connectivity index (χ0v) is 9.85. The second-order valence-corrected chi connectivity index (χ2v) is 4.62. The van der Waals surface area contributed by atoms with Gasteiger partial charge >= 0.3 is 5.97 Å². The molecule has 5 heteroatoms. The van der Waals surface area contributed by atoms with Crippen molar-refractivity contribution in [2.75, 3.05) is 6.61 Å². The monoisotopic (exact) mass is 246 g/mol. The van der Waals surface area contributed by atoms with Gasteiger partial charge in [0.2, 0.25) is 0 Å². The summed E-state index contributed by atoms with van der Waals surface area (Å²) < 4.78 is 5.68. The Bertz CT molecular complexity index is 587. The number of aliphatic carboxylic acids is 1. The van der Waals surface area contributed by atoms with E-state index >= 15 is 0 Å². The summed E-state index contributed by atoms with van der Waals surface area (Å²) in [5.41, 5.74) is 2.48. The first-order chi connectivity index (χ1) is 8.70. The number of benzene rings is 1. The SMILES string of the molecule is O=C(O)CCC1(c2ccc3nc[nH]c3c2)CCO1. The van der Waals surface area contributed by atoms with E-state index in [0.717, 1.165) is 23.0 Å².